The van der Waals surface area contributed by atoms with Gasteiger partial charge in [0.05, 0.1) is 7.85 Å². The predicted octanol–water partition coefficient (Wildman–Crippen LogP) is 1.75. The van der Waals surface area contributed by atoms with Crippen LogP contribution in [0.3, 0.4) is 0 Å². The molecule has 12 heavy (non-hydrogen) atoms. The monoisotopic (exact) mass is 166 g/mol. The van der Waals surface area contributed by atoms with Crippen molar-refractivity contribution >= 4 is 7.85 Å². The first kappa shape index (κ1) is 9.04. The minimum absolute atomic E-state index is 0.0396. The average Bonchev–Trinajstić information content (AvgIpc) is 2.08. The van der Waals surface area contributed by atoms with Crippen LogP contribution < -0.4 is 0 Å². The molecule has 2 radical (unpaired) electrons. The Kier molecular flexibility index (Phi) is 2.09. The molecule has 1 aliphatic rings. The summed E-state index contributed by atoms with van der Waals surface area (Å²) in [5.41, 5.74) is 0.293. The molecule has 0 aromatic rings. The largest absolute Gasteiger partial charge is 0.512 e. The van der Waals surface area contributed by atoms with E-state index in [1.54, 1.807) is 6.92 Å². The number of hydrogen-bond acceptors (Lipinski definition) is 3. The zero-order valence-corrected chi connectivity index (χ0v) is 7.07. The molecule has 2 atom stereocenters. The standard InChI is InChI=1S/C8H11BO3/c1-3-5(9)8(12)7(11)4(2)6(3)10/h3,5,10-12H,1-2H3. The minimum Gasteiger partial charge on any atom is -0.512 e. The molecule has 2 unspecified atom stereocenters. The second-order valence-electron chi connectivity index (χ2n) is 3.06. The Balaban J connectivity index is 3.18. The van der Waals surface area contributed by atoms with Crippen molar-refractivity contribution in [3.05, 3.63) is 22.9 Å². The Morgan fingerprint density at radius 3 is 2.17 bits per heavy atom. The van der Waals surface area contributed by atoms with Crippen molar-refractivity contribution in [2.45, 2.75) is 19.7 Å². The van der Waals surface area contributed by atoms with Gasteiger partial charge in [0.1, 0.15) is 11.5 Å². The van der Waals surface area contributed by atoms with Crippen LogP contribution in [0.25, 0.3) is 0 Å². The van der Waals surface area contributed by atoms with E-state index in [0.29, 0.717) is 5.57 Å². The van der Waals surface area contributed by atoms with Crippen LogP contribution in [0, 0.1) is 5.92 Å². The van der Waals surface area contributed by atoms with E-state index < -0.39 is 5.82 Å². The molecule has 0 fully saturated rings. The molecule has 0 amide bonds. The average molecular weight is 166 g/mol. The molecule has 3 nitrogen and oxygen atoms in total. The third-order valence-corrected chi connectivity index (χ3v) is 2.27. The summed E-state index contributed by atoms with van der Waals surface area (Å²) in [4.78, 5) is 0. The molecule has 0 saturated heterocycles. The van der Waals surface area contributed by atoms with Gasteiger partial charge in [-0.25, -0.2) is 0 Å². The van der Waals surface area contributed by atoms with Crippen LogP contribution in [0.4, 0.5) is 0 Å². The first-order valence-corrected chi connectivity index (χ1v) is 3.74. The van der Waals surface area contributed by atoms with E-state index >= 15 is 0 Å². The number of hydrogen-bond donors (Lipinski definition) is 3. The van der Waals surface area contributed by atoms with Gasteiger partial charge in [-0.05, 0) is 12.7 Å². The van der Waals surface area contributed by atoms with E-state index in [1.807, 2.05) is 0 Å². The van der Waals surface area contributed by atoms with E-state index in [-0.39, 0.29) is 23.2 Å². The maximum absolute atomic E-state index is 9.40. The van der Waals surface area contributed by atoms with Crippen molar-refractivity contribution in [1.29, 1.82) is 0 Å². The van der Waals surface area contributed by atoms with Gasteiger partial charge in [-0.15, -0.1) is 0 Å². The lowest BCUT2D eigenvalue weighted by Crippen LogP contribution is -2.19. The van der Waals surface area contributed by atoms with Crippen LogP contribution in [0.2, 0.25) is 5.82 Å². The predicted molar refractivity (Wildman–Crippen MR) is 46.3 cm³/mol. The van der Waals surface area contributed by atoms with Crippen LogP contribution in [0.5, 0.6) is 0 Å². The van der Waals surface area contributed by atoms with Gasteiger partial charge in [-0.1, -0.05) is 6.92 Å². The SMILES string of the molecule is [B]C1C(O)=C(O)C(C)=C(O)C1C. The topological polar surface area (TPSA) is 60.7 Å². The first-order valence-electron chi connectivity index (χ1n) is 3.74. The lowest BCUT2D eigenvalue weighted by Gasteiger charge is -2.26. The second kappa shape index (κ2) is 2.77. The Bertz CT molecular complexity index is 239. The fraction of sp³-hybridized carbons (Fsp3) is 0.500. The number of aliphatic hydroxyl groups is 3. The highest BCUT2D eigenvalue weighted by atomic mass is 16.3. The van der Waals surface area contributed by atoms with Crippen LogP contribution in [0.15, 0.2) is 22.9 Å². The molecular weight excluding hydrogens is 155 g/mol. The molecule has 0 aromatic carbocycles. The zero-order valence-electron chi connectivity index (χ0n) is 7.07. The van der Waals surface area contributed by atoms with Gasteiger partial charge in [-0.2, -0.15) is 0 Å². The number of allylic oxidation sites excluding steroid dienone is 3. The highest BCUT2D eigenvalue weighted by Crippen LogP contribution is 2.36. The summed E-state index contributed by atoms with van der Waals surface area (Å²) in [5, 5.41) is 27.9. The van der Waals surface area contributed by atoms with Gasteiger partial charge < -0.3 is 15.3 Å². The molecular formula is C8H11BO3. The third-order valence-electron chi connectivity index (χ3n) is 2.27. The smallest absolute Gasteiger partial charge is 0.158 e. The molecule has 0 spiro atoms. The maximum Gasteiger partial charge on any atom is 0.158 e. The van der Waals surface area contributed by atoms with E-state index in [2.05, 4.69) is 0 Å². The Morgan fingerprint density at radius 1 is 1.17 bits per heavy atom. The van der Waals surface area contributed by atoms with Crippen molar-refractivity contribution in [2.75, 3.05) is 0 Å². The summed E-state index contributed by atoms with van der Waals surface area (Å²) in [7, 11) is 5.50. The Labute approximate surface area is 72.4 Å². The van der Waals surface area contributed by atoms with Gasteiger partial charge in [0, 0.05) is 11.5 Å². The molecule has 4 heteroatoms. The summed E-state index contributed by atoms with van der Waals surface area (Å²) in [5.74, 6) is -1.58. The van der Waals surface area contributed by atoms with Gasteiger partial charge in [0.2, 0.25) is 0 Å². The fourth-order valence-corrected chi connectivity index (χ4v) is 1.22. The van der Waals surface area contributed by atoms with Gasteiger partial charge in [-0.3, -0.25) is 0 Å². The summed E-state index contributed by atoms with van der Waals surface area (Å²) < 4.78 is 0. The van der Waals surface area contributed by atoms with E-state index in [9.17, 15) is 15.3 Å². The zero-order chi connectivity index (χ0) is 9.46. The van der Waals surface area contributed by atoms with Gasteiger partial charge >= 0.3 is 0 Å². The molecule has 64 valence electrons. The first-order chi connectivity index (χ1) is 5.46. The van der Waals surface area contributed by atoms with Gasteiger partial charge in [0.25, 0.3) is 0 Å². The van der Waals surface area contributed by atoms with Crippen LogP contribution >= 0.6 is 0 Å². The van der Waals surface area contributed by atoms with Crippen LogP contribution in [0.1, 0.15) is 13.8 Å². The van der Waals surface area contributed by atoms with Crippen molar-refractivity contribution in [1.82, 2.24) is 0 Å². The molecule has 0 heterocycles. The van der Waals surface area contributed by atoms with E-state index in [0.717, 1.165) is 0 Å². The molecule has 1 rings (SSSR count). The van der Waals surface area contributed by atoms with Crippen LogP contribution in [-0.4, -0.2) is 23.2 Å². The van der Waals surface area contributed by atoms with Crippen molar-refractivity contribution in [3.8, 4) is 0 Å². The molecule has 0 aliphatic heterocycles. The molecule has 0 bridgehead atoms. The van der Waals surface area contributed by atoms with Crippen LogP contribution in [-0.2, 0) is 0 Å². The quantitative estimate of drug-likeness (QED) is 0.480. The van der Waals surface area contributed by atoms with E-state index in [1.165, 1.54) is 6.92 Å². The molecule has 0 saturated carbocycles. The van der Waals surface area contributed by atoms with E-state index in [4.69, 9.17) is 7.85 Å². The maximum atomic E-state index is 9.40. The third kappa shape index (κ3) is 1.07. The highest BCUT2D eigenvalue weighted by Gasteiger charge is 2.29. The van der Waals surface area contributed by atoms with Gasteiger partial charge in [0.15, 0.2) is 5.76 Å². The van der Waals surface area contributed by atoms with Crippen molar-refractivity contribution < 1.29 is 15.3 Å². The number of aliphatic hydroxyl groups excluding tert-OH is 3. The van der Waals surface area contributed by atoms with Crippen molar-refractivity contribution in [3.63, 3.8) is 0 Å². The number of rotatable bonds is 0. The fourth-order valence-electron chi connectivity index (χ4n) is 1.22. The highest BCUT2D eigenvalue weighted by molar-refractivity contribution is 6.14. The second-order valence-corrected chi connectivity index (χ2v) is 3.06. The summed E-state index contributed by atoms with van der Waals surface area (Å²) in [6.07, 6.45) is 0. The summed E-state index contributed by atoms with van der Waals surface area (Å²) >= 11 is 0. The Hall–Kier alpha value is -1.06. The summed E-state index contributed by atoms with van der Waals surface area (Å²) in [6.45, 7) is 3.22. The van der Waals surface area contributed by atoms with Crippen molar-refractivity contribution in [2.24, 2.45) is 5.92 Å². The Morgan fingerprint density at radius 2 is 1.67 bits per heavy atom. The molecule has 1 aliphatic carbocycles. The minimum atomic E-state index is -0.714. The lowest BCUT2D eigenvalue weighted by molar-refractivity contribution is 0.253. The molecule has 0 aromatic heterocycles. The summed E-state index contributed by atoms with van der Waals surface area (Å²) in [6, 6.07) is 0. The molecule has 3 N–H and O–H groups in total. The normalized spacial score (nSPS) is 31.2. The lowest BCUT2D eigenvalue weighted by atomic mass is 9.71.